The summed E-state index contributed by atoms with van der Waals surface area (Å²) in [6.45, 7) is 0. The predicted octanol–water partition coefficient (Wildman–Crippen LogP) is 3.28. The van der Waals surface area contributed by atoms with Gasteiger partial charge in [-0.25, -0.2) is 0 Å². The lowest BCUT2D eigenvalue weighted by molar-refractivity contribution is 0.414. The zero-order valence-corrected chi connectivity index (χ0v) is 9.99. The van der Waals surface area contributed by atoms with Gasteiger partial charge in [0.1, 0.15) is 11.5 Å². The van der Waals surface area contributed by atoms with E-state index < -0.39 is 0 Å². The molecule has 17 heavy (non-hydrogen) atoms. The Balaban J connectivity index is 2.17. The maximum atomic E-state index is 5.28. The monoisotopic (exact) mass is 226 g/mol. The maximum Gasteiger partial charge on any atom is 0.119 e. The summed E-state index contributed by atoms with van der Waals surface area (Å²) in [5, 5.41) is 0. The summed E-state index contributed by atoms with van der Waals surface area (Å²) in [6.07, 6.45) is 0.999. The van der Waals surface area contributed by atoms with Crippen LogP contribution in [0.4, 0.5) is 0 Å². The Morgan fingerprint density at radius 1 is 0.765 bits per heavy atom. The molecule has 0 spiro atoms. The van der Waals surface area contributed by atoms with Crippen molar-refractivity contribution in [3.63, 3.8) is 0 Å². The molecule has 3 rings (SSSR count). The van der Waals surface area contributed by atoms with Crippen molar-refractivity contribution in [3.8, 4) is 22.6 Å². The molecule has 0 amide bonds. The van der Waals surface area contributed by atoms with E-state index in [1.807, 2.05) is 12.1 Å². The highest BCUT2D eigenvalue weighted by molar-refractivity contribution is 5.78. The Morgan fingerprint density at radius 2 is 1.24 bits per heavy atom. The molecule has 0 radical (unpaired) electrons. The molecule has 0 atom stereocenters. The predicted molar refractivity (Wildman–Crippen MR) is 67.8 cm³/mol. The minimum absolute atomic E-state index is 0.902. The Bertz CT molecular complexity index is 522. The molecular weight excluding hydrogens is 212 g/mol. The second kappa shape index (κ2) is 3.81. The third-order valence-corrected chi connectivity index (χ3v) is 3.31. The van der Waals surface area contributed by atoms with Gasteiger partial charge in [-0.2, -0.15) is 0 Å². The second-order valence-electron chi connectivity index (χ2n) is 4.22. The lowest BCUT2D eigenvalue weighted by atomic mass is 10.1. The van der Waals surface area contributed by atoms with Crippen molar-refractivity contribution < 1.29 is 9.47 Å². The van der Waals surface area contributed by atoms with Crippen molar-refractivity contribution >= 4 is 0 Å². The number of methoxy groups -OCH3 is 2. The SMILES string of the molecule is COc1ccc2c(c1)-c1cc(OC)ccc1C2. The lowest BCUT2D eigenvalue weighted by Gasteiger charge is -2.06. The van der Waals surface area contributed by atoms with Gasteiger partial charge >= 0.3 is 0 Å². The van der Waals surface area contributed by atoms with Crippen LogP contribution < -0.4 is 9.47 Å². The molecule has 2 aromatic rings. The first-order chi connectivity index (χ1) is 8.31. The molecule has 1 aliphatic rings. The number of hydrogen-bond acceptors (Lipinski definition) is 2. The lowest BCUT2D eigenvalue weighted by Crippen LogP contribution is -1.85. The maximum absolute atomic E-state index is 5.28. The molecule has 0 bridgehead atoms. The third-order valence-electron chi connectivity index (χ3n) is 3.31. The molecular formula is C15H14O2. The van der Waals surface area contributed by atoms with Crippen LogP contribution in [-0.2, 0) is 6.42 Å². The van der Waals surface area contributed by atoms with Crippen LogP contribution in [0.2, 0.25) is 0 Å². The minimum atomic E-state index is 0.902. The quantitative estimate of drug-likeness (QED) is 0.667. The number of fused-ring (bicyclic) bond motifs is 3. The molecule has 0 aliphatic heterocycles. The largest absolute Gasteiger partial charge is 0.497 e. The molecule has 0 fully saturated rings. The van der Waals surface area contributed by atoms with E-state index in [4.69, 9.17) is 9.47 Å². The van der Waals surface area contributed by atoms with Gasteiger partial charge in [-0.3, -0.25) is 0 Å². The van der Waals surface area contributed by atoms with Crippen LogP contribution in [0.1, 0.15) is 11.1 Å². The molecule has 86 valence electrons. The number of hydrogen-bond donors (Lipinski definition) is 0. The van der Waals surface area contributed by atoms with Crippen molar-refractivity contribution in [1.29, 1.82) is 0 Å². The van der Waals surface area contributed by atoms with Gasteiger partial charge in [-0.15, -0.1) is 0 Å². The van der Waals surface area contributed by atoms with Crippen molar-refractivity contribution in [2.75, 3.05) is 14.2 Å². The van der Waals surface area contributed by atoms with Crippen molar-refractivity contribution in [2.45, 2.75) is 6.42 Å². The molecule has 0 saturated heterocycles. The van der Waals surface area contributed by atoms with Gasteiger partial charge in [0.25, 0.3) is 0 Å². The number of rotatable bonds is 2. The molecule has 0 saturated carbocycles. The molecule has 0 heterocycles. The van der Waals surface area contributed by atoms with Crippen LogP contribution in [0.3, 0.4) is 0 Å². The Kier molecular flexibility index (Phi) is 2.29. The number of ether oxygens (including phenoxy) is 2. The van der Waals surface area contributed by atoms with Crippen LogP contribution in [0.5, 0.6) is 11.5 Å². The number of benzene rings is 2. The summed E-state index contributed by atoms with van der Waals surface area (Å²) in [7, 11) is 3.40. The fourth-order valence-corrected chi connectivity index (χ4v) is 2.38. The zero-order chi connectivity index (χ0) is 11.8. The van der Waals surface area contributed by atoms with Gasteiger partial charge < -0.3 is 9.47 Å². The van der Waals surface area contributed by atoms with Crippen LogP contribution >= 0.6 is 0 Å². The van der Waals surface area contributed by atoms with Crippen molar-refractivity contribution in [2.24, 2.45) is 0 Å². The van der Waals surface area contributed by atoms with E-state index in [9.17, 15) is 0 Å². The Morgan fingerprint density at radius 3 is 1.65 bits per heavy atom. The van der Waals surface area contributed by atoms with E-state index in [0.717, 1.165) is 17.9 Å². The standard InChI is InChI=1S/C15H14O2/c1-16-12-5-3-10-7-11-4-6-13(17-2)9-15(11)14(10)8-12/h3-6,8-9H,7H2,1-2H3. The van der Waals surface area contributed by atoms with Crippen LogP contribution in [0.25, 0.3) is 11.1 Å². The van der Waals surface area contributed by atoms with Gasteiger partial charge in [0.15, 0.2) is 0 Å². The highest BCUT2D eigenvalue weighted by Crippen LogP contribution is 2.40. The van der Waals surface area contributed by atoms with Crippen LogP contribution in [-0.4, -0.2) is 14.2 Å². The summed E-state index contributed by atoms with van der Waals surface area (Å²) in [4.78, 5) is 0. The summed E-state index contributed by atoms with van der Waals surface area (Å²) in [6, 6.07) is 12.5. The van der Waals surface area contributed by atoms with Crippen molar-refractivity contribution in [1.82, 2.24) is 0 Å². The van der Waals surface area contributed by atoms with E-state index in [2.05, 4.69) is 24.3 Å². The summed E-state index contributed by atoms with van der Waals surface area (Å²) >= 11 is 0. The second-order valence-corrected chi connectivity index (χ2v) is 4.22. The normalized spacial score (nSPS) is 11.9. The van der Waals surface area contributed by atoms with E-state index in [1.165, 1.54) is 22.3 Å². The van der Waals surface area contributed by atoms with E-state index in [0.29, 0.717) is 0 Å². The van der Waals surface area contributed by atoms with E-state index >= 15 is 0 Å². The Labute approximate surface area is 101 Å². The van der Waals surface area contributed by atoms with Gasteiger partial charge in [0.05, 0.1) is 14.2 Å². The van der Waals surface area contributed by atoms with Gasteiger partial charge in [0, 0.05) is 0 Å². The molecule has 2 nitrogen and oxygen atoms in total. The summed E-state index contributed by atoms with van der Waals surface area (Å²) in [5.41, 5.74) is 5.24. The fourth-order valence-electron chi connectivity index (χ4n) is 2.38. The topological polar surface area (TPSA) is 18.5 Å². The first kappa shape index (κ1) is 10.2. The molecule has 1 aliphatic carbocycles. The van der Waals surface area contributed by atoms with Gasteiger partial charge in [0.2, 0.25) is 0 Å². The third kappa shape index (κ3) is 1.57. The molecule has 2 aromatic carbocycles. The van der Waals surface area contributed by atoms with Crippen LogP contribution in [0, 0.1) is 0 Å². The molecule has 0 N–H and O–H groups in total. The Hall–Kier alpha value is -1.96. The zero-order valence-electron chi connectivity index (χ0n) is 9.99. The smallest absolute Gasteiger partial charge is 0.119 e. The summed E-state index contributed by atoms with van der Waals surface area (Å²) in [5.74, 6) is 1.80. The molecule has 0 unspecified atom stereocenters. The van der Waals surface area contributed by atoms with Gasteiger partial charge in [-0.05, 0) is 52.9 Å². The average Bonchev–Trinajstić information content (AvgIpc) is 2.75. The highest BCUT2D eigenvalue weighted by Gasteiger charge is 2.19. The minimum Gasteiger partial charge on any atom is -0.497 e. The van der Waals surface area contributed by atoms with Crippen LogP contribution in [0.15, 0.2) is 36.4 Å². The molecule has 0 aromatic heterocycles. The van der Waals surface area contributed by atoms with Gasteiger partial charge in [-0.1, -0.05) is 12.1 Å². The first-order valence-electron chi connectivity index (χ1n) is 5.66. The first-order valence-corrected chi connectivity index (χ1v) is 5.66. The van der Waals surface area contributed by atoms with E-state index in [1.54, 1.807) is 14.2 Å². The fraction of sp³-hybridized carbons (Fsp3) is 0.200. The summed E-state index contributed by atoms with van der Waals surface area (Å²) < 4.78 is 10.6. The molecule has 2 heteroatoms. The van der Waals surface area contributed by atoms with E-state index in [-0.39, 0.29) is 0 Å². The highest BCUT2D eigenvalue weighted by atomic mass is 16.5. The van der Waals surface area contributed by atoms with Crippen molar-refractivity contribution in [3.05, 3.63) is 47.5 Å². The average molecular weight is 226 g/mol.